The molecule has 3 atom stereocenters. The van der Waals surface area contributed by atoms with E-state index in [2.05, 4.69) is 24.3 Å². The van der Waals surface area contributed by atoms with Crippen LogP contribution in [-0.4, -0.2) is 5.78 Å². The number of Topliss-reactive ketones (excluding diaryl/α,β-unsaturated/α-hetero) is 1. The summed E-state index contributed by atoms with van der Waals surface area (Å²) in [6.07, 6.45) is 9.58. The third-order valence-electron chi connectivity index (χ3n) is 2.81. The zero-order valence-corrected chi connectivity index (χ0v) is 6.66. The molecule has 58 valence electrons. The van der Waals surface area contributed by atoms with Crippen molar-refractivity contribution in [2.75, 3.05) is 0 Å². The molecule has 1 nitrogen and oxygen atoms in total. The number of allylic oxidation sites excluding steroid dienone is 4. The molecule has 0 aromatic carbocycles. The first kappa shape index (κ1) is 6.84. The van der Waals surface area contributed by atoms with Crippen molar-refractivity contribution < 1.29 is 4.79 Å². The van der Waals surface area contributed by atoms with Gasteiger partial charge in [0.1, 0.15) is 5.78 Å². The van der Waals surface area contributed by atoms with Gasteiger partial charge in [-0.25, -0.2) is 0 Å². The highest BCUT2D eigenvalue weighted by atomic mass is 16.1. The number of fused-ring (bicyclic) bond motifs is 1. The fourth-order valence-corrected chi connectivity index (χ4v) is 2.03. The number of carbonyl (C=O) groups is 1. The second-order valence-electron chi connectivity index (χ2n) is 3.46. The van der Waals surface area contributed by atoms with Crippen molar-refractivity contribution in [3.05, 3.63) is 24.3 Å². The second kappa shape index (κ2) is 2.33. The van der Waals surface area contributed by atoms with Gasteiger partial charge < -0.3 is 0 Å². The van der Waals surface area contributed by atoms with Crippen LogP contribution >= 0.6 is 0 Å². The Hall–Kier alpha value is -0.850. The predicted molar refractivity (Wildman–Crippen MR) is 44.0 cm³/mol. The van der Waals surface area contributed by atoms with Crippen LogP contribution in [-0.2, 0) is 4.79 Å². The Morgan fingerprint density at radius 3 is 2.73 bits per heavy atom. The molecule has 0 aromatic heterocycles. The monoisotopic (exact) mass is 148 g/mol. The van der Waals surface area contributed by atoms with Crippen LogP contribution in [0.1, 0.15) is 13.3 Å². The molecule has 0 N–H and O–H groups in total. The van der Waals surface area contributed by atoms with Gasteiger partial charge in [0.15, 0.2) is 0 Å². The number of ketones is 1. The van der Waals surface area contributed by atoms with E-state index in [1.54, 1.807) is 6.92 Å². The fraction of sp³-hybridized carbons (Fsp3) is 0.500. The molecule has 0 aliphatic heterocycles. The third kappa shape index (κ3) is 0.953. The Bertz CT molecular complexity index is 237. The Kier molecular flexibility index (Phi) is 1.45. The first-order valence-corrected chi connectivity index (χ1v) is 4.14. The molecule has 0 amide bonds. The van der Waals surface area contributed by atoms with Gasteiger partial charge in [-0.3, -0.25) is 4.79 Å². The Morgan fingerprint density at radius 2 is 2.09 bits per heavy atom. The van der Waals surface area contributed by atoms with E-state index in [1.165, 1.54) is 0 Å². The average molecular weight is 148 g/mol. The molecule has 0 heterocycles. The van der Waals surface area contributed by atoms with Crippen molar-refractivity contribution in [1.82, 2.24) is 0 Å². The van der Waals surface area contributed by atoms with E-state index in [0.717, 1.165) is 6.42 Å². The summed E-state index contributed by atoms with van der Waals surface area (Å²) in [5.41, 5.74) is 0. The van der Waals surface area contributed by atoms with E-state index in [0.29, 0.717) is 23.5 Å². The summed E-state index contributed by atoms with van der Waals surface area (Å²) in [7, 11) is 0. The minimum absolute atomic E-state index is 0.321. The summed E-state index contributed by atoms with van der Waals surface area (Å²) < 4.78 is 0. The predicted octanol–water partition coefficient (Wildman–Crippen LogP) is 1.95. The summed E-state index contributed by atoms with van der Waals surface area (Å²) >= 11 is 0. The molecule has 0 aromatic rings. The molecule has 1 heteroatoms. The van der Waals surface area contributed by atoms with Gasteiger partial charge in [-0.2, -0.15) is 0 Å². The van der Waals surface area contributed by atoms with Crippen LogP contribution in [0.25, 0.3) is 0 Å². The van der Waals surface area contributed by atoms with E-state index < -0.39 is 0 Å². The van der Waals surface area contributed by atoms with E-state index in [4.69, 9.17) is 0 Å². The number of carbonyl (C=O) groups excluding carboxylic acids is 1. The van der Waals surface area contributed by atoms with Crippen LogP contribution in [0, 0.1) is 17.8 Å². The maximum atomic E-state index is 11.0. The molecule has 2 aliphatic rings. The maximum absolute atomic E-state index is 11.0. The van der Waals surface area contributed by atoms with Crippen molar-refractivity contribution in [2.45, 2.75) is 13.3 Å². The first-order chi connectivity index (χ1) is 5.29. The number of rotatable bonds is 1. The lowest BCUT2D eigenvalue weighted by atomic mass is 9.62. The Balaban J connectivity index is 2.09. The quantitative estimate of drug-likeness (QED) is 0.555. The van der Waals surface area contributed by atoms with Gasteiger partial charge in [0, 0.05) is 5.92 Å². The van der Waals surface area contributed by atoms with Crippen molar-refractivity contribution in [3.8, 4) is 0 Å². The Labute approximate surface area is 66.8 Å². The maximum Gasteiger partial charge on any atom is 0.133 e. The molecule has 1 saturated carbocycles. The van der Waals surface area contributed by atoms with E-state index in [9.17, 15) is 4.79 Å². The molecule has 1 fully saturated rings. The molecular weight excluding hydrogens is 136 g/mol. The van der Waals surface area contributed by atoms with Crippen molar-refractivity contribution in [1.29, 1.82) is 0 Å². The van der Waals surface area contributed by atoms with Crippen LogP contribution in [0.15, 0.2) is 24.3 Å². The van der Waals surface area contributed by atoms with Gasteiger partial charge in [0.2, 0.25) is 0 Å². The molecule has 0 bridgehead atoms. The van der Waals surface area contributed by atoms with Gasteiger partial charge in [-0.05, 0) is 25.2 Å². The summed E-state index contributed by atoms with van der Waals surface area (Å²) in [6.45, 7) is 1.70. The largest absolute Gasteiger partial charge is 0.300 e. The van der Waals surface area contributed by atoms with Crippen LogP contribution in [0.5, 0.6) is 0 Å². The molecule has 0 radical (unpaired) electrons. The molecule has 0 saturated heterocycles. The third-order valence-corrected chi connectivity index (χ3v) is 2.81. The topological polar surface area (TPSA) is 17.1 Å². The Morgan fingerprint density at radius 1 is 1.36 bits per heavy atom. The molecule has 0 spiro atoms. The van der Waals surface area contributed by atoms with Crippen LogP contribution in [0.2, 0.25) is 0 Å². The van der Waals surface area contributed by atoms with Gasteiger partial charge in [0.25, 0.3) is 0 Å². The smallest absolute Gasteiger partial charge is 0.133 e. The molecule has 2 aliphatic carbocycles. The highest BCUT2D eigenvalue weighted by Crippen LogP contribution is 2.44. The van der Waals surface area contributed by atoms with E-state index >= 15 is 0 Å². The van der Waals surface area contributed by atoms with Crippen LogP contribution in [0.3, 0.4) is 0 Å². The van der Waals surface area contributed by atoms with E-state index in [-0.39, 0.29) is 0 Å². The van der Waals surface area contributed by atoms with Gasteiger partial charge in [0.05, 0.1) is 0 Å². The normalized spacial score (nSPS) is 39.5. The van der Waals surface area contributed by atoms with Crippen molar-refractivity contribution in [2.24, 2.45) is 17.8 Å². The molecular formula is C10H12O. The molecule has 2 rings (SSSR count). The summed E-state index contributed by atoms with van der Waals surface area (Å²) in [5.74, 6) is 1.86. The SMILES string of the molecule is CC(=O)[C@@H]1C[C@@H]2C=CC=C[C@@H]21. The van der Waals surface area contributed by atoms with Gasteiger partial charge in [-0.1, -0.05) is 24.3 Å². The van der Waals surface area contributed by atoms with Crippen molar-refractivity contribution in [3.63, 3.8) is 0 Å². The summed E-state index contributed by atoms with van der Waals surface area (Å²) in [6, 6.07) is 0. The zero-order valence-electron chi connectivity index (χ0n) is 6.66. The zero-order chi connectivity index (χ0) is 7.84. The van der Waals surface area contributed by atoms with Crippen LogP contribution in [0.4, 0.5) is 0 Å². The fourth-order valence-electron chi connectivity index (χ4n) is 2.03. The lowest BCUT2D eigenvalue weighted by Gasteiger charge is -2.41. The molecule has 0 unspecified atom stereocenters. The second-order valence-corrected chi connectivity index (χ2v) is 3.46. The lowest BCUT2D eigenvalue weighted by molar-refractivity contribution is -0.126. The highest BCUT2D eigenvalue weighted by Gasteiger charge is 2.40. The minimum atomic E-state index is 0.321. The molecule has 11 heavy (non-hydrogen) atoms. The minimum Gasteiger partial charge on any atom is -0.300 e. The van der Waals surface area contributed by atoms with Gasteiger partial charge in [-0.15, -0.1) is 0 Å². The average Bonchev–Trinajstić information content (AvgIpc) is 1.90. The first-order valence-electron chi connectivity index (χ1n) is 4.14. The number of hydrogen-bond acceptors (Lipinski definition) is 1. The van der Waals surface area contributed by atoms with E-state index in [1.807, 2.05) is 0 Å². The lowest BCUT2D eigenvalue weighted by Crippen LogP contribution is -2.39. The summed E-state index contributed by atoms with van der Waals surface area (Å²) in [4.78, 5) is 11.0. The van der Waals surface area contributed by atoms with Crippen molar-refractivity contribution >= 4 is 5.78 Å². The summed E-state index contributed by atoms with van der Waals surface area (Å²) in [5, 5.41) is 0. The number of hydrogen-bond donors (Lipinski definition) is 0. The van der Waals surface area contributed by atoms with Gasteiger partial charge >= 0.3 is 0 Å². The standard InChI is InChI=1S/C10H12O/c1-7(11)10-6-8-4-2-3-5-9(8)10/h2-5,8-10H,6H2,1H3/t8-,9-,10-/m0/s1. The van der Waals surface area contributed by atoms with Crippen LogP contribution < -0.4 is 0 Å². The highest BCUT2D eigenvalue weighted by molar-refractivity contribution is 5.80.